The Morgan fingerprint density at radius 2 is 1.60 bits per heavy atom. The molecule has 6 aromatic rings. The molecule has 3 heterocycles. The molecule has 0 aliphatic carbocycles. The summed E-state index contributed by atoms with van der Waals surface area (Å²) in [4.78, 5) is 26.5. The minimum atomic E-state index is -0.337. The van der Waals surface area contributed by atoms with Crippen LogP contribution in [0.5, 0.6) is 0 Å². The molecule has 0 aliphatic rings. The predicted octanol–water partition coefficient (Wildman–Crippen LogP) is 12.4. The number of aliphatic hydroxyl groups excluding tert-OH is 1. The van der Waals surface area contributed by atoms with E-state index in [-0.39, 0.29) is 54.2 Å². The number of hydrogen-bond donors (Lipinski definition) is 1. The van der Waals surface area contributed by atoms with Gasteiger partial charge in [-0.2, -0.15) is 0 Å². The van der Waals surface area contributed by atoms with Gasteiger partial charge in [-0.15, -0.1) is 17.7 Å². The number of fused-ring (bicyclic) bond motifs is 6. The zero-order valence-corrected chi connectivity index (χ0v) is 34.7. The van der Waals surface area contributed by atoms with Gasteiger partial charge < -0.3 is 9.52 Å². The maximum Gasteiger partial charge on any atom is 0.216 e. The Hall–Kier alpha value is -4.00. The summed E-state index contributed by atoms with van der Waals surface area (Å²) in [5.74, 6) is 0.881. The largest absolute Gasteiger partial charge is 0.512 e. The van der Waals surface area contributed by atoms with Crippen LogP contribution >= 0.6 is 0 Å². The smallest absolute Gasteiger partial charge is 0.216 e. The number of aryl methyl sites for hydroxylation is 3. The van der Waals surface area contributed by atoms with Gasteiger partial charge in [0.25, 0.3) is 0 Å². The second-order valence-electron chi connectivity index (χ2n) is 14.7. The first kappa shape index (κ1) is 40.8. The molecule has 0 saturated heterocycles. The molecule has 3 aromatic carbocycles. The topological polar surface area (TPSA) is 89.1 Å². The molecule has 0 fully saturated rings. The van der Waals surface area contributed by atoms with Crippen molar-refractivity contribution in [3.05, 3.63) is 88.8 Å². The molecule has 0 atom stereocenters. The second-order valence-corrected chi connectivity index (χ2v) is 14.7. The van der Waals surface area contributed by atoms with E-state index in [9.17, 15) is 14.3 Å². The van der Waals surface area contributed by atoms with Gasteiger partial charge in [-0.05, 0) is 79.6 Å². The van der Waals surface area contributed by atoms with E-state index in [4.69, 9.17) is 14.4 Å². The minimum absolute atomic E-state index is 0. The van der Waals surface area contributed by atoms with Gasteiger partial charge in [-0.25, -0.2) is 14.4 Å². The van der Waals surface area contributed by atoms with Crippen LogP contribution in [0.15, 0.2) is 58.8 Å². The first-order chi connectivity index (χ1) is 24.1. The van der Waals surface area contributed by atoms with E-state index in [1.54, 1.807) is 13.1 Å². The first-order valence-corrected chi connectivity index (χ1v) is 18.2. The van der Waals surface area contributed by atoms with Crippen LogP contribution in [0.1, 0.15) is 110 Å². The molecular weight excluding hydrogens is 830 g/mol. The number of pyridine rings is 1. The number of aromatic nitrogens is 3. The van der Waals surface area contributed by atoms with E-state index in [0.717, 1.165) is 75.0 Å². The summed E-state index contributed by atoms with van der Waals surface area (Å²) in [7, 11) is 0. The molecule has 0 spiro atoms. The molecule has 6 nitrogen and oxygen atoms in total. The molecule has 1 radical (unpaired) electrons. The summed E-state index contributed by atoms with van der Waals surface area (Å²) >= 11 is 0. The van der Waals surface area contributed by atoms with Crippen LogP contribution in [0, 0.1) is 43.5 Å². The Labute approximate surface area is 320 Å². The second kappa shape index (κ2) is 15.9. The van der Waals surface area contributed by atoms with Crippen LogP contribution in [-0.2, 0) is 24.9 Å². The van der Waals surface area contributed by atoms with Gasteiger partial charge in [-0.3, -0.25) is 9.78 Å². The van der Waals surface area contributed by atoms with E-state index in [1.165, 1.54) is 6.08 Å². The molecular formula is C44H51FIrN3O3-. The van der Waals surface area contributed by atoms with Gasteiger partial charge in [0.15, 0.2) is 5.78 Å². The van der Waals surface area contributed by atoms with Gasteiger partial charge in [-0.1, -0.05) is 85.4 Å². The summed E-state index contributed by atoms with van der Waals surface area (Å²) in [6.45, 7) is 21.9. The summed E-state index contributed by atoms with van der Waals surface area (Å²) < 4.78 is 21.2. The maximum atomic E-state index is 15.0. The number of furan rings is 1. The van der Waals surface area contributed by atoms with Crippen LogP contribution < -0.4 is 0 Å². The minimum Gasteiger partial charge on any atom is -0.512 e. The summed E-state index contributed by atoms with van der Waals surface area (Å²) in [5, 5.41) is 14.7. The van der Waals surface area contributed by atoms with Gasteiger partial charge in [0.05, 0.1) is 11.1 Å². The zero-order valence-electron chi connectivity index (χ0n) is 32.3. The number of ketones is 1. The van der Waals surface area contributed by atoms with E-state index in [1.807, 2.05) is 91.8 Å². The van der Waals surface area contributed by atoms with Crippen molar-refractivity contribution in [2.45, 2.75) is 108 Å². The van der Waals surface area contributed by atoms with E-state index in [2.05, 4.69) is 24.9 Å². The molecule has 1 N–H and O–H groups in total. The predicted molar refractivity (Wildman–Crippen MR) is 208 cm³/mol. The Kier molecular flexibility index (Phi) is 12.5. The van der Waals surface area contributed by atoms with Crippen LogP contribution in [0.3, 0.4) is 0 Å². The number of allylic oxidation sites excluding steroid dienone is 2. The van der Waals surface area contributed by atoms with Gasteiger partial charge in [0.1, 0.15) is 17.4 Å². The van der Waals surface area contributed by atoms with Crippen molar-refractivity contribution < 1.29 is 38.8 Å². The quantitative estimate of drug-likeness (QED) is 0.0673. The zero-order chi connectivity index (χ0) is 37.4. The Morgan fingerprint density at radius 3 is 2.21 bits per heavy atom. The van der Waals surface area contributed by atoms with Gasteiger partial charge in [0, 0.05) is 65.6 Å². The average molecular weight is 881 g/mol. The normalized spacial score (nSPS) is 12.4. The van der Waals surface area contributed by atoms with Crippen LogP contribution in [0.25, 0.3) is 55.0 Å². The number of aliphatic hydroxyl groups is 1. The van der Waals surface area contributed by atoms with Gasteiger partial charge >= 0.3 is 0 Å². The standard InChI is InChI=1S/C29H23FN3O.C15H28O2.Ir/c1-14(2)28-32-25(20-11-9-18-13-16(4)24(30)17(5)23(18)26(20)33-28)21-10-8-15(3)22-19-7-6-12-31-29(19)34-27(21)22;1-7-14(5,8-2)12(16)11-13(17)15(6,9-3)10-4;/h6-9,11-14H,1-5H3;11,16H,7-10H2,1-6H3;/q-1;;/b;12-11-;. The summed E-state index contributed by atoms with van der Waals surface area (Å²) in [6, 6.07) is 15.2. The van der Waals surface area contributed by atoms with E-state index in [0.29, 0.717) is 28.2 Å². The van der Waals surface area contributed by atoms with Crippen molar-refractivity contribution in [3.8, 4) is 11.3 Å². The first-order valence-electron chi connectivity index (χ1n) is 18.2. The fraction of sp³-hybridized carbons (Fsp3) is 0.409. The summed E-state index contributed by atoms with van der Waals surface area (Å²) in [5.41, 5.74) is 5.23. The fourth-order valence-corrected chi connectivity index (χ4v) is 6.57. The van der Waals surface area contributed by atoms with Crippen molar-refractivity contribution >= 4 is 49.5 Å². The third-order valence-corrected chi connectivity index (χ3v) is 11.2. The Morgan fingerprint density at radius 1 is 0.942 bits per heavy atom. The molecule has 52 heavy (non-hydrogen) atoms. The molecule has 277 valence electrons. The van der Waals surface area contributed by atoms with Gasteiger partial charge in [0.2, 0.25) is 5.71 Å². The number of hydrogen-bond acceptors (Lipinski definition) is 6. The van der Waals surface area contributed by atoms with Crippen LogP contribution in [0.4, 0.5) is 4.39 Å². The number of halogens is 1. The molecule has 6 rings (SSSR count). The monoisotopic (exact) mass is 881 g/mol. The SMILES string of the molecule is CCC(C)(CC)C(=O)/C=C(\O)C(C)(CC)CC.Cc1cc2ccc3c(-c4[c-]cc(C)c5c4oc4ncccc45)nc(C(C)C)nc3c2c(C)c1F.[Ir]. The molecule has 8 heteroatoms. The van der Waals surface area contributed by atoms with Crippen LogP contribution in [-0.4, -0.2) is 25.8 Å². The third-order valence-electron chi connectivity index (χ3n) is 11.2. The van der Waals surface area contributed by atoms with E-state index < -0.39 is 0 Å². The number of rotatable bonds is 9. The van der Waals surface area contributed by atoms with Crippen LogP contribution in [0.2, 0.25) is 0 Å². The number of carbonyl (C=O) groups is 1. The molecule has 0 bridgehead atoms. The molecule has 3 aromatic heterocycles. The third kappa shape index (κ3) is 7.29. The number of nitrogens with zero attached hydrogens (tertiary/aromatic N) is 3. The number of carbonyl (C=O) groups excluding carboxylic acids is 1. The van der Waals surface area contributed by atoms with Crippen molar-refractivity contribution in [2.24, 2.45) is 10.8 Å². The number of benzene rings is 3. The van der Waals surface area contributed by atoms with E-state index >= 15 is 0 Å². The Bertz CT molecular complexity index is 2300. The van der Waals surface area contributed by atoms with Crippen molar-refractivity contribution in [1.82, 2.24) is 15.0 Å². The molecule has 0 saturated carbocycles. The molecule has 0 unspecified atom stereocenters. The maximum absolute atomic E-state index is 15.0. The average Bonchev–Trinajstić information content (AvgIpc) is 3.53. The molecule has 0 aliphatic heterocycles. The molecule has 0 amide bonds. The fourth-order valence-electron chi connectivity index (χ4n) is 6.57. The summed E-state index contributed by atoms with van der Waals surface area (Å²) in [6.07, 6.45) is 6.48. The van der Waals surface area contributed by atoms with Crippen molar-refractivity contribution in [1.29, 1.82) is 0 Å². The van der Waals surface area contributed by atoms with Crippen molar-refractivity contribution in [2.75, 3.05) is 0 Å². The van der Waals surface area contributed by atoms with Crippen molar-refractivity contribution in [3.63, 3.8) is 0 Å². The Balaban J connectivity index is 0.000000289.